The SMILES string of the molecule is c1ccc(-c2nc(-c3ccc(-c4nc5ccccc5s4)cc3)nc3c2ccc2ccccc23)cc1. The summed E-state index contributed by atoms with van der Waals surface area (Å²) in [5.74, 6) is 0.726. The summed E-state index contributed by atoms with van der Waals surface area (Å²) in [6.07, 6.45) is 0. The minimum Gasteiger partial charge on any atom is -0.236 e. The lowest BCUT2D eigenvalue weighted by Crippen LogP contribution is -1.96. The van der Waals surface area contributed by atoms with Gasteiger partial charge in [0.2, 0.25) is 0 Å². The lowest BCUT2D eigenvalue weighted by Gasteiger charge is -2.11. The van der Waals surface area contributed by atoms with Crippen LogP contribution in [0, 0.1) is 0 Å². The molecule has 0 aliphatic carbocycles. The van der Waals surface area contributed by atoms with E-state index >= 15 is 0 Å². The molecular formula is C31H19N3S. The highest BCUT2D eigenvalue weighted by Gasteiger charge is 2.14. The summed E-state index contributed by atoms with van der Waals surface area (Å²) in [5, 5.41) is 4.39. The van der Waals surface area contributed by atoms with Gasteiger partial charge in [-0.3, -0.25) is 0 Å². The van der Waals surface area contributed by atoms with E-state index in [1.807, 2.05) is 12.1 Å². The number of fused-ring (bicyclic) bond motifs is 4. The Kier molecular flexibility index (Phi) is 4.64. The van der Waals surface area contributed by atoms with Gasteiger partial charge < -0.3 is 0 Å². The summed E-state index contributed by atoms with van der Waals surface area (Å²) in [6, 6.07) is 39.7. The van der Waals surface area contributed by atoms with Gasteiger partial charge in [-0.15, -0.1) is 11.3 Å². The van der Waals surface area contributed by atoms with Crippen LogP contribution < -0.4 is 0 Å². The second-order valence-electron chi connectivity index (χ2n) is 8.51. The topological polar surface area (TPSA) is 38.7 Å². The zero-order valence-corrected chi connectivity index (χ0v) is 19.5. The Balaban J connectivity index is 1.40. The van der Waals surface area contributed by atoms with Crippen LogP contribution in [-0.4, -0.2) is 15.0 Å². The molecule has 4 heteroatoms. The van der Waals surface area contributed by atoms with E-state index in [1.54, 1.807) is 11.3 Å². The molecule has 0 aliphatic rings. The lowest BCUT2D eigenvalue weighted by atomic mass is 10.0. The van der Waals surface area contributed by atoms with E-state index in [2.05, 4.69) is 103 Å². The van der Waals surface area contributed by atoms with Gasteiger partial charge in [-0.05, 0) is 23.6 Å². The first-order valence-corrected chi connectivity index (χ1v) is 12.4. The lowest BCUT2D eigenvalue weighted by molar-refractivity contribution is 1.23. The third-order valence-corrected chi connectivity index (χ3v) is 7.41. The van der Waals surface area contributed by atoms with Crippen LogP contribution >= 0.6 is 11.3 Å². The molecule has 0 unspecified atom stereocenters. The number of hydrogen-bond acceptors (Lipinski definition) is 4. The minimum absolute atomic E-state index is 0.726. The minimum atomic E-state index is 0.726. The molecule has 7 rings (SSSR count). The molecule has 0 radical (unpaired) electrons. The van der Waals surface area contributed by atoms with Gasteiger partial charge in [-0.1, -0.05) is 97.1 Å². The second-order valence-corrected chi connectivity index (χ2v) is 9.54. The number of aromatic nitrogens is 3. The standard InChI is InChI=1S/C31H19N3S/c1-2-9-21(10-3-1)28-25-19-18-20-8-4-5-11-24(20)29(25)34-30(33-28)22-14-16-23(17-15-22)31-32-26-12-6-7-13-27(26)35-31/h1-19H. The van der Waals surface area contributed by atoms with Gasteiger partial charge in [0.25, 0.3) is 0 Å². The maximum absolute atomic E-state index is 5.07. The molecule has 2 heterocycles. The highest BCUT2D eigenvalue weighted by atomic mass is 32.1. The van der Waals surface area contributed by atoms with Crippen LogP contribution in [0.5, 0.6) is 0 Å². The summed E-state index contributed by atoms with van der Waals surface area (Å²) in [7, 11) is 0. The molecule has 0 spiro atoms. The highest BCUT2D eigenvalue weighted by molar-refractivity contribution is 7.21. The largest absolute Gasteiger partial charge is 0.236 e. The zero-order chi connectivity index (χ0) is 23.2. The number of nitrogens with zero attached hydrogens (tertiary/aromatic N) is 3. The molecule has 0 bridgehead atoms. The van der Waals surface area contributed by atoms with Gasteiger partial charge in [0.1, 0.15) is 5.01 Å². The highest BCUT2D eigenvalue weighted by Crippen LogP contribution is 2.34. The van der Waals surface area contributed by atoms with Crippen LogP contribution in [0.3, 0.4) is 0 Å². The van der Waals surface area contributed by atoms with Crippen molar-refractivity contribution in [2.45, 2.75) is 0 Å². The quantitative estimate of drug-likeness (QED) is 0.246. The first kappa shape index (κ1) is 20.0. The van der Waals surface area contributed by atoms with E-state index in [0.29, 0.717) is 0 Å². The summed E-state index contributed by atoms with van der Waals surface area (Å²) in [4.78, 5) is 14.9. The van der Waals surface area contributed by atoms with Crippen LogP contribution in [0.2, 0.25) is 0 Å². The van der Waals surface area contributed by atoms with E-state index < -0.39 is 0 Å². The average Bonchev–Trinajstić information content (AvgIpc) is 3.37. The van der Waals surface area contributed by atoms with Gasteiger partial charge in [0.05, 0.1) is 21.4 Å². The van der Waals surface area contributed by atoms with Gasteiger partial charge >= 0.3 is 0 Å². The Morgan fingerprint density at radius 1 is 0.486 bits per heavy atom. The fraction of sp³-hybridized carbons (Fsp3) is 0. The van der Waals surface area contributed by atoms with Crippen molar-refractivity contribution < 1.29 is 0 Å². The zero-order valence-electron chi connectivity index (χ0n) is 18.7. The number of thiazole rings is 1. The van der Waals surface area contributed by atoms with Crippen molar-refractivity contribution in [3.8, 4) is 33.2 Å². The third kappa shape index (κ3) is 3.47. The smallest absolute Gasteiger partial charge is 0.160 e. The van der Waals surface area contributed by atoms with E-state index in [0.717, 1.165) is 55.0 Å². The first-order chi connectivity index (χ1) is 17.3. The Morgan fingerprint density at radius 3 is 2.09 bits per heavy atom. The molecule has 0 N–H and O–H groups in total. The van der Waals surface area contributed by atoms with E-state index in [1.165, 1.54) is 10.1 Å². The third-order valence-electron chi connectivity index (χ3n) is 6.32. The summed E-state index contributed by atoms with van der Waals surface area (Å²) in [6.45, 7) is 0. The molecule has 3 nitrogen and oxygen atoms in total. The summed E-state index contributed by atoms with van der Waals surface area (Å²) >= 11 is 1.71. The normalized spacial score (nSPS) is 11.4. The molecule has 0 amide bonds. The monoisotopic (exact) mass is 465 g/mol. The van der Waals surface area contributed by atoms with Gasteiger partial charge in [0, 0.05) is 27.5 Å². The van der Waals surface area contributed by atoms with Crippen LogP contribution in [0.15, 0.2) is 115 Å². The van der Waals surface area contributed by atoms with Crippen molar-refractivity contribution in [3.05, 3.63) is 115 Å². The van der Waals surface area contributed by atoms with Crippen molar-refractivity contribution in [2.75, 3.05) is 0 Å². The van der Waals surface area contributed by atoms with Crippen molar-refractivity contribution in [2.24, 2.45) is 0 Å². The van der Waals surface area contributed by atoms with Crippen molar-refractivity contribution in [1.82, 2.24) is 15.0 Å². The van der Waals surface area contributed by atoms with E-state index in [4.69, 9.17) is 15.0 Å². The molecule has 0 atom stereocenters. The molecule has 0 saturated carbocycles. The fourth-order valence-electron chi connectivity index (χ4n) is 4.57. The van der Waals surface area contributed by atoms with Crippen molar-refractivity contribution in [3.63, 3.8) is 0 Å². The van der Waals surface area contributed by atoms with E-state index in [9.17, 15) is 0 Å². The predicted molar refractivity (Wildman–Crippen MR) is 147 cm³/mol. The first-order valence-electron chi connectivity index (χ1n) is 11.5. The predicted octanol–water partition coefficient (Wildman–Crippen LogP) is 8.39. The maximum atomic E-state index is 5.07. The average molecular weight is 466 g/mol. The molecule has 0 saturated heterocycles. The van der Waals surface area contributed by atoms with Crippen LogP contribution in [-0.2, 0) is 0 Å². The van der Waals surface area contributed by atoms with Crippen molar-refractivity contribution >= 4 is 43.2 Å². The van der Waals surface area contributed by atoms with Gasteiger partial charge in [-0.25, -0.2) is 15.0 Å². The van der Waals surface area contributed by atoms with Crippen LogP contribution in [0.25, 0.3) is 65.1 Å². The fourth-order valence-corrected chi connectivity index (χ4v) is 5.54. The Hall–Kier alpha value is -4.41. The van der Waals surface area contributed by atoms with E-state index in [-0.39, 0.29) is 0 Å². The number of hydrogen-bond donors (Lipinski definition) is 0. The number of benzene rings is 5. The molecule has 35 heavy (non-hydrogen) atoms. The van der Waals surface area contributed by atoms with Crippen LogP contribution in [0.4, 0.5) is 0 Å². The Labute approximate surface area is 206 Å². The number of para-hydroxylation sites is 1. The molecular weight excluding hydrogens is 446 g/mol. The van der Waals surface area contributed by atoms with Crippen LogP contribution in [0.1, 0.15) is 0 Å². The van der Waals surface area contributed by atoms with Crippen molar-refractivity contribution in [1.29, 1.82) is 0 Å². The van der Waals surface area contributed by atoms with Gasteiger partial charge in [-0.2, -0.15) is 0 Å². The molecule has 5 aromatic carbocycles. The Morgan fingerprint density at radius 2 is 1.23 bits per heavy atom. The Bertz CT molecular complexity index is 1800. The summed E-state index contributed by atoms with van der Waals surface area (Å²) in [5.41, 5.74) is 6.14. The summed E-state index contributed by atoms with van der Waals surface area (Å²) < 4.78 is 1.20. The molecule has 0 fully saturated rings. The molecule has 2 aromatic heterocycles. The second kappa shape index (κ2) is 8.12. The molecule has 164 valence electrons. The molecule has 7 aromatic rings. The maximum Gasteiger partial charge on any atom is 0.160 e. The molecule has 0 aliphatic heterocycles. The number of rotatable bonds is 3. The van der Waals surface area contributed by atoms with Gasteiger partial charge in [0.15, 0.2) is 5.82 Å².